The van der Waals surface area contributed by atoms with Crippen molar-refractivity contribution in [2.24, 2.45) is 11.8 Å². The first kappa shape index (κ1) is 20.3. The largest absolute Gasteiger partial charge is 0.483 e. The minimum atomic E-state index is -0.250. The van der Waals surface area contributed by atoms with Gasteiger partial charge in [0.2, 0.25) is 0 Å². The average Bonchev–Trinajstić information content (AvgIpc) is 2.43. The van der Waals surface area contributed by atoms with Crippen molar-refractivity contribution in [2.75, 3.05) is 23.7 Å². The van der Waals surface area contributed by atoms with Crippen LogP contribution < -0.4 is 10.6 Å². The Hall–Kier alpha value is -1.71. The predicted octanol–water partition coefficient (Wildman–Crippen LogP) is 4.53. The third kappa shape index (κ3) is 5.43. The highest BCUT2D eigenvalue weighted by atomic mass is 16.3. The molecular weight excluding hydrogens is 300 g/mol. The molecule has 3 N–H and O–H groups in total. The third-order valence-electron chi connectivity index (χ3n) is 4.69. The van der Waals surface area contributed by atoms with Gasteiger partial charge in [0.1, 0.15) is 0 Å². The van der Waals surface area contributed by atoms with E-state index in [1.54, 1.807) is 0 Å². The Morgan fingerprint density at radius 3 is 2.04 bits per heavy atom. The number of hydrogen-bond acceptors (Lipinski definition) is 3. The lowest BCUT2D eigenvalue weighted by atomic mass is 9.66. The monoisotopic (exact) mass is 334 g/mol. The second kappa shape index (κ2) is 8.95. The van der Waals surface area contributed by atoms with Crippen LogP contribution >= 0.6 is 0 Å². The fourth-order valence-corrected chi connectivity index (χ4v) is 3.37. The van der Waals surface area contributed by atoms with E-state index in [1.807, 2.05) is 0 Å². The van der Waals surface area contributed by atoms with E-state index in [1.165, 1.54) is 30.5 Å². The van der Waals surface area contributed by atoms with Gasteiger partial charge >= 0.3 is 0 Å². The van der Waals surface area contributed by atoms with E-state index in [0.717, 1.165) is 18.8 Å². The normalized spacial score (nSPS) is 15.5. The number of nitrogens with two attached hydrogens (primary N) is 1. The highest BCUT2D eigenvalue weighted by Gasteiger charge is 2.33. The van der Waals surface area contributed by atoms with E-state index in [-0.39, 0.29) is 6.47 Å². The molecule has 4 heteroatoms. The molecule has 0 saturated heterocycles. The maximum Gasteiger partial charge on any atom is 0.290 e. The molecule has 0 amide bonds. The molecule has 1 aliphatic carbocycles. The number of benzene rings is 1. The molecule has 1 aromatic carbocycles. The summed E-state index contributed by atoms with van der Waals surface area (Å²) < 4.78 is 0. The third-order valence-corrected chi connectivity index (χ3v) is 4.69. The second-order valence-electron chi connectivity index (χ2n) is 7.99. The minimum absolute atomic E-state index is 0.250. The summed E-state index contributed by atoms with van der Waals surface area (Å²) in [6, 6.07) is 6.78. The molecule has 1 aliphatic rings. The Morgan fingerprint density at radius 2 is 1.71 bits per heavy atom. The smallest absolute Gasteiger partial charge is 0.290 e. The number of rotatable bonds is 6. The van der Waals surface area contributed by atoms with Crippen LogP contribution in [0.15, 0.2) is 18.2 Å². The fourth-order valence-electron chi connectivity index (χ4n) is 3.37. The van der Waals surface area contributed by atoms with Gasteiger partial charge in [-0.2, -0.15) is 0 Å². The lowest BCUT2D eigenvalue weighted by Crippen LogP contribution is -2.33. The summed E-state index contributed by atoms with van der Waals surface area (Å²) in [5.74, 6) is 1.29. The molecular formula is C20H34N2O2. The molecule has 4 nitrogen and oxygen atoms in total. The summed E-state index contributed by atoms with van der Waals surface area (Å²) in [7, 11) is 0. The Labute approximate surface area is 147 Å². The molecule has 24 heavy (non-hydrogen) atoms. The standard InChI is InChI=1S/C19H32N2.CH2O2/c1-14(2)12-21(13-15(3)4)18-8-7-16(11-17(18)20)19(5)9-6-10-19;2-1-3/h7-8,11,14-15H,6,9-10,12-13,20H2,1-5H3;1H,(H,2,3). The molecule has 1 aromatic rings. The van der Waals surface area contributed by atoms with Crippen LogP contribution in [0.25, 0.3) is 0 Å². The first-order valence-electron chi connectivity index (χ1n) is 8.96. The number of nitrogen functional groups attached to an aromatic ring is 1. The molecule has 0 aliphatic heterocycles. The quantitative estimate of drug-likeness (QED) is 0.592. The van der Waals surface area contributed by atoms with Gasteiger partial charge in [0, 0.05) is 13.1 Å². The summed E-state index contributed by atoms with van der Waals surface area (Å²) in [5, 5.41) is 6.89. The van der Waals surface area contributed by atoms with Gasteiger partial charge in [0.05, 0.1) is 11.4 Å². The van der Waals surface area contributed by atoms with Crippen molar-refractivity contribution in [3.8, 4) is 0 Å². The zero-order chi connectivity index (χ0) is 18.3. The van der Waals surface area contributed by atoms with Crippen molar-refractivity contribution in [1.82, 2.24) is 0 Å². The predicted molar refractivity (Wildman–Crippen MR) is 103 cm³/mol. The van der Waals surface area contributed by atoms with Crippen molar-refractivity contribution in [3.63, 3.8) is 0 Å². The molecule has 2 rings (SSSR count). The summed E-state index contributed by atoms with van der Waals surface area (Å²) >= 11 is 0. The summed E-state index contributed by atoms with van der Waals surface area (Å²) in [5.41, 5.74) is 10.4. The first-order valence-corrected chi connectivity index (χ1v) is 8.96. The van der Waals surface area contributed by atoms with Crippen molar-refractivity contribution in [2.45, 2.75) is 59.3 Å². The second-order valence-corrected chi connectivity index (χ2v) is 7.99. The summed E-state index contributed by atoms with van der Waals surface area (Å²) in [6.07, 6.45) is 3.95. The van der Waals surface area contributed by atoms with Crippen molar-refractivity contribution in [1.29, 1.82) is 0 Å². The van der Waals surface area contributed by atoms with Crippen LogP contribution in [-0.4, -0.2) is 24.7 Å². The molecule has 1 fully saturated rings. The van der Waals surface area contributed by atoms with E-state index < -0.39 is 0 Å². The zero-order valence-electron chi connectivity index (χ0n) is 15.9. The number of nitrogens with zero attached hydrogens (tertiary/aromatic N) is 1. The molecule has 0 bridgehead atoms. The lowest BCUT2D eigenvalue weighted by Gasteiger charge is -2.39. The van der Waals surface area contributed by atoms with Gasteiger partial charge in [-0.25, -0.2) is 0 Å². The van der Waals surface area contributed by atoms with Crippen LogP contribution in [0.3, 0.4) is 0 Å². The van der Waals surface area contributed by atoms with E-state index >= 15 is 0 Å². The highest BCUT2D eigenvalue weighted by Crippen LogP contribution is 2.44. The summed E-state index contributed by atoms with van der Waals surface area (Å²) in [6.45, 7) is 13.3. The Balaban J connectivity index is 0.000000891. The van der Waals surface area contributed by atoms with E-state index in [0.29, 0.717) is 17.3 Å². The van der Waals surface area contributed by atoms with Gasteiger partial charge in [-0.15, -0.1) is 0 Å². The molecule has 0 spiro atoms. The molecule has 0 unspecified atom stereocenters. The van der Waals surface area contributed by atoms with Gasteiger partial charge in [0.25, 0.3) is 6.47 Å². The van der Waals surface area contributed by atoms with Gasteiger partial charge in [-0.05, 0) is 47.8 Å². The zero-order valence-corrected chi connectivity index (χ0v) is 15.9. The summed E-state index contributed by atoms with van der Waals surface area (Å²) in [4.78, 5) is 10.8. The van der Waals surface area contributed by atoms with Crippen LogP contribution in [-0.2, 0) is 10.2 Å². The van der Waals surface area contributed by atoms with Gasteiger partial charge in [-0.3, -0.25) is 4.79 Å². The van der Waals surface area contributed by atoms with Crippen LogP contribution in [0.4, 0.5) is 11.4 Å². The van der Waals surface area contributed by atoms with E-state index in [4.69, 9.17) is 15.6 Å². The Morgan fingerprint density at radius 1 is 1.21 bits per heavy atom. The minimum Gasteiger partial charge on any atom is -0.483 e. The number of anilines is 2. The van der Waals surface area contributed by atoms with Crippen molar-refractivity contribution >= 4 is 17.8 Å². The molecule has 0 atom stereocenters. The lowest BCUT2D eigenvalue weighted by molar-refractivity contribution is -0.122. The molecule has 136 valence electrons. The fraction of sp³-hybridized carbons (Fsp3) is 0.650. The molecule has 0 radical (unpaired) electrons. The molecule has 1 saturated carbocycles. The van der Waals surface area contributed by atoms with Gasteiger partial charge in [-0.1, -0.05) is 47.1 Å². The SMILES string of the molecule is CC(C)CN(CC(C)C)c1ccc(C2(C)CCC2)cc1N.O=CO. The molecule has 0 heterocycles. The first-order chi connectivity index (χ1) is 11.2. The van der Waals surface area contributed by atoms with E-state index in [9.17, 15) is 0 Å². The maximum absolute atomic E-state index is 8.36. The Bertz CT molecular complexity index is 512. The number of hydrogen-bond donors (Lipinski definition) is 2. The molecule has 0 aromatic heterocycles. The van der Waals surface area contributed by atoms with E-state index in [2.05, 4.69) is 57.7 Å². The average molecular weight is 335 g/mol. The van der Waals surface area contributed by atoms with Crippen LogP contribution in [0.1, 0.15) is 59.4 Å². The van der Waals surface area contributed by atoms with Crippen molar-refractivity contribution in [3.05, 3.63) is 23.8 Å². The van der Waals surface area contributed by atoms with Crippen LogP contribution in [0.2, 0.25) is 0 Å². The highest BCUT2D eigenvalue weighted by molar-refractivity contribution is 5.69. The van der Waals surface area contributed by atoms with Crippen LogP contribution in [0, 0.1) is 11.8 Å². The Kier molecular flexibility index (Phi) is 7.59. The maximum atomic E-state index is 8.36. The van der Waals surface area contributed by atoms with Crippen LogP contribution in [0.5, 0.6) is 0 Å². The van der Waals surface area contributed by atoms with Gasteiger partial charge in [0.15, 0.2) is 0 Å². The van der Waals surface area contributed by atoms with Crippen molar-refractivity contribution < 1.29 is 9.90 Å². The topological polar surface area (TPSA) is 66.6 Å². The number of carboxylic acid groups (broad SMARTS) is 1. The number of carbonyl (C=O) groups is 1. The van der Waals surface area contributed by atoms with Gasteiger partial charge < -0.3 is 15.7 Å².